The maximum atomic E-state index is 5.50. The number of anilines is 2. The highest BCUT2D eigenvalue weighted by molar-refractivity contribution is 5.80. The number of nitrogens with zero attached hydrogens (tertiary/aromatic N) is 2. The van der Waals surface area contributed by atoms with Gasteiger partial charge in [0.05, 0.1) is 0 Å². The van der Waals surface area contributed by atoms with E-state index in [1.54, 1.807) is 0 Å². The lowest BCUT2D eigenvalue weighted by molar-refractivity contribution is 0.174. The molecule has 0 aliphatic carbocycles. The molecular formula is C21H17N3O2. The first-order valence-electron chi connectivity index (χ1n) is 8.49. The minimum Gasteiger partial charge on any atom is -0.454 e. The van der Waals surface area contributed by atoms with Crippen molar-refractivity contribution in [3.8, 4) is 22.8 Å². The van der Waals surface area contributed by atoms with E-state index in [1.165, 1.54) is 5.56 Å². The predicted molar refractivity (Wildman–Crippen MR) is 101 cm³/mol. The Kier molecular flexibility index (Phi) is 3.31. The molecule has 1 aliphatic heterocycles. The van der Waals surface area contributed by atoms with Gasteiger partial charge in [0, 0.05) is 23.5 Å². The predicted octanol–water partition coefficient (Wildman–Crippen LogP) is 4.78. The average Bonchev–Trinajstić information content (AvgIpc) is 3.27. The second kappa shape index (κ2) is 5.81. The topological polar surface area (TPSA) is 47.8 Å². The summed E-state index contributed by atoms with van der Waals surface area (Å²) < 4.78 is 13.0. The van der Waals surface area contributed by atoms with Crippen molar-refractivity contribution < 1.29 is 9.47 Å². The van der Waals surface area contributed by atoms with E-state index in [2.05, 4.69) is 41.0 Å². The molecule has 0 atom stereocenters. The highest BCUT2D eigenvalue weighted by atomic mass is 16.7. The van der Waals surface area contributed by atoms with Crippen LogP contribution >= 0.6 is 0 Å². The van der Waals surface area contributed by atoms with Gasteiger partial charge < -0.3 is 14.8 Å². The average molecular weight is 343 g/mol. The molecule has 2 aromatic heterocycles. The highest BCUT2D eigenvalue weighted by Crippen LogP contribution is 2.37. The molecule has 5 heteroatoms. The first-order chi connectivity index (χ1) is 12.8. The van der Waals surface area contributed by atoms with Gasteiger partial charge in [0.25, 0.3) is 0 Å². The third-order valence-corrected chi connectivity index (χ3v) is 4.45. The number of rotatable bonds is 3. The van der Waals surface area contributed by atoms with Crippen molar-refractivity contribution in [1.82, 2.24) is 9.38 Å². The number of pyridine rings is 1. The summed E-state index contributed by atoms with van der Waals surface area (Å²) in [5, 5.41) is 3.52. The summed E-state index contributed by atoms with van der Waals surface area (Å²) in [6, 6.07) is 20.1. The molecule has 0 radical (unpaired) electrons. The summed E-state index contributed by atoms with van der Waals surface area (Å²) in [6.45, 7) is 2.34. The smallest absolute Gasteiger partial charge is 0.231 e. The van der Waals surface area contributed by atoms with Crippen LogP contribution in [0.25, 0.3) is 16.9 Å². The second-order valence-corrected chi connectivity index (χ2v) is 6.30. The van der Waals surface area contributed by atoms with Crippen LogP contribution in [0.5, 0.6) is 11.5 Å². The molecular weight excluding hydrogens is 326 g/mol. The lowest BCUT2D eigenvalue weighted by Crippen LogP contribution is -1.97. The van der Waals surface area contributed by atoms with Gasteiger partial charge in [0.15, 0.2) is 11.5 Å². The Morgan fingerprint density at radius 3 is 2.69 bits per heavy atom. The van der Waals surface area contributed by atoms with Crippen LogP contribution in [0.15, 0.2) is 66.9 Å². The number of benzene rings is 2. The van der Waals surface area contributed by atoms with Crippen LogP contribution in [0.2, 0.25) is 0 Å². The lowest BCUT2D eigenvalue weighted by Gasteiger charge is -2.10. The van der Waals surface area contributed by atoms with Crippen LogP contribution in [0.1, 0.15) is 5.56 Å². The highest BCUT2D eigenvalue weighted by Gasteiger charge is 2.17. The second-order valence-electron chi connectivity index (χ2n) is 6.30. The Bertz CT molecular complexity index is 1100. The SMILES string of the molecule is Cc1ccc2nc(-c3ccccc3)c(Nc3ccc4c(c3)OCO4)n2c1. The third-order valence-electron chi connectivity index (χ3n) is 4.45. The monoisotopic (exact) mass is 343 g/mol. The first kappa shape index (κ1) is 14.8. The van der Waals surface area contributed by atoms with Crippen LogP contribution in [0.4, 0.5) is 11.5 Å². The van der Waals surface area contributed by atoms with Crippen LogP contribution in [0, 0.1) is 6.92 Å². The quantitative estimate of drug-likeness (QED) is 0.581. The van der Waals surface area contributed by atoms with Crippen molar-refractivity contribution >= 4 is 17.2 Å². The van der Waals surface area contributed by atoms with Gasteiger partial charge in [0.1, 0.15) is 17.2 Å². The van der Waals surface area contributed by atoms with Gasteiger partial charge in [-0.05, 0) is 30.7 Å². The van der Waals surface area contributed by atoms with Crippen molar-refractivity contribution in [2.45, 2.75) is 6.92 Å². The number of fused-ring (bicyclic) bond motifs is 2. The van der Waals surface area contributed by atoms with Crippen LogP contribution in [-0.2, 0) is 0 Å². The van der Waals surface area contributed by atoms with Gasteiger partial charge in [0.2, 0.25) is 6.79 Å². The Hall–Kier alpha value is -3.47. The summed E-state index contributed by atoms with van der Waals surface area (Å²) in [6.07, 6.45) is 2.09. The maximum absolute atomic E-state index is 5.50. The van der Waals surface area contributed by atoms with Gasteiger partial charge in [-0.2, -0.15) is 0 Å². The molecule has 0 unspecified atom stereocenters. The fourth-order valence-electron chi connectivity index (χ4n) is 3.18. The zero-order valence-electron chi connectivity index (χ0n) is 14.3. The standard InChI is InChI=1S/C21H17N3O2/c1-14-7-10-19-23-20(15-5-3-2-4-6-15)21(24(19)12-14)22-16-8-9-17-18(11-16)26-13-25-17/h2-12,22H,13H2,1H3. The van der Waals surface area contributed by atoms with Crippen molar-refractivity contribution in [3.05, 3.63) is 72.4 Å². The molecule has 0 saturated carbocycles. The first-order valence-corrected chi connectivity index (χ1v) is 8.49. The largest absolute Gasteiger partial charge is 0.454 e. The zero-order chi connectivity index (χ0) is 17.5. The molecule has 1 aliphatic rings. The molecule has 1 N–H and O–H groups in total. The van der Waals surface area contributed by atoms with Gasteiger partial charge >= 0.3 is 0 Å². The third kappa shape index (κ3) is 2.45. The van der Waals surface area contributed by atoms with E-state index in [-0.39, 0.29) is 6.79 Å². The molecule has 0 amide bonds. The maximum Gasteiger partial charge on any atom is 0.231 e. The van der Waals surface area contributed by atoms with Crippen molar-refractivity contribution in [3.63, 3.8) is 0 Å². The Morgan fingerprint density at radius 2 is 1.81 bits per heavy atom. The molecule has 5 rings (SSSR count). The molecule has 5 nitrogen and oxygen atoms in total. The van der Waals surface area contributed by atoms with E-state index in [1.807, 2.05) is 42.5 Å². The van der Waals surface area contributed by atoms with E-state index in [4.69, 9.17) is 14.5 Å². The number of aryl methyl sites for hydroxylation is 1. The summed E-state index contributed by atoms with van der Waals surface area (Å²) in [5.74, 6) is 2.45. The molecule has 2 aromatic carbocycles. The van der Waals surface area contributed by atoms with Gasteiger partial charge in [-0.15, -0.1) is 0 Å². The molecule has 0 fully saturated rings. The summed E-state index contributed by atoms with van der Waals surface area (Å²) in [7, 11) is 0. The molecule has 0 saturated heterocycles. The van der Waals surface area contributed by atoms with E-state index in [0.717, 1.165) is 39.9 Å². The minimum absolute atomic E-state index is 0.267. The van der Waals surface area contributed by atoms with E-state index in [0.29, 0.717) is 0 Å². The number of hydrogen-bond donors (Lipinski definition) is 1. The van der Waals surface area contributed by atoms with Crippen LogP contribution in [-0.4, -0.2) is 16.2 Å². The molecule has 4 aromatic rings. The Labute approximate surface area is 150 Å². The van der Waals surface area contributed by atoms with Crippen LogP contribution in [0.3, 0.4) is 0 Å². The number of imidazole rings is 1. The molecule has 26 heavy (non-hydrogen) atoms. The molecule has 0 bridgehead atoms. The normalized spacial score (nSPS) is 12.5. The number of nitrogens with one attached hydrogen (secondary N) is 1. The van der Waals surface area contributed by atoms with Crippen LogP contribution < -0.4 is 14.8 Å². The van der Waals surface area contributed by atoms with Gasteiger partial charge in [-0.25, -0.2) is 4.98 Å². The molecule has 0 spiro atoms. The Morgan fingerprint density at radius 1 is 0.962 bits per heavy atom. The fraction of sp³-hybridized carbons (Fsp3) is 0.0952. The van der Waals surface area contributed by atoms with Crippen molar-refractivity contribution in [1.29, 1.82) is 0 Å². The van der Waals surface area contributed by atoms with Crippen molar-refractivity contribution in [2.75, 3.05) is 12.1 Å². The minimum atomic E-state index is 0.267. The van der Waals surface area contributed by atoms with Crippen molar-refractivity contribution in [2.24, 2.45) is 0 Å². The van der Waals surface area contributed by atoms with Gasteiger partial charge in [-0.3, -0.25) is 4.40 Å². The summed E-state index contributed by atoms with van der Waals surface area (Å²) in [5.41, 5.74) is 4.97. The fourth-order valence-corrected chi connectivity index (χ4v) is 3.18. The van der Waals surface area contributed by atoms with E-state index >= 15 is 0 Å². The molecule has 128 valence electrons. The summed E-state index contributed by atoms with van der Waals surface area (Å²) in [4.78, 5) is 4.84. The Balaban J connectivity index is 1.66. The van der Waals surface area contributed by atoms with Gasteiger partial charge in [-0.1, -0.05) is 36.4 Å². The molecule has 3 heterocycles. The number of ether oxygens (including phenoxy) is 2. The lowest BCUT2D eigenvalue weighted by atomic mass is 10.1. The number of hydrogen-bond acceptors (Lipinski definition) is 4. The van der Waals surface area contributed by atoms with E-state index in [9.17, 15) is 0 Å². The zero-order valence-corrected chi connectivity index (χ0v) is 14.3. The van der Waals surface area contributed by atoms with E-state index < -0.39 is 0 Å². The summed E-state index contributed by atoms with van der Waals surface area (Å²) >= 11 is 0. The number of aromatic nitrogens is 2.